The second-order valence-electron chi connectivity index (χ2n) is 4.24. The first kappa shape index (κ1) is 14.2. The van der Waals surface area contributed by atoms with E-state index in [1.165, 1.54) is 11.3 Å². The van der Waals surface area contributed by atoms with Gasteiger partial charge in [-0.1, -0.05) is 0 Å². The minimum absolute atomic E-state index is 0.0990. The summed E-state index contributed by atoms with van der Waals surface area (Å²) >= 11 is 1.35. The molecule has 2 aromatic rings. The number of carbonyl (C=O) groups is 1. The predicted octanol–water partition coefficient (Wildman–Crippen LogP) is 1.35. The van der Waals surface area contributed by atoms with Crippen LogP contribution in [0.1, 0.15) is 15.5 Å². The van der Waals surface area contributed by atoms with Crippen LogP contribution in [-0.4, -0.2) is 46.7 Å². The molecule has 0 radical (unpaired) electrons. The molecule has 0 saturated heterocycles. The van der Waals surface area contributed by atoms with Crippen LogP contribution in [-0.2, 0) is 6.42 Å². The minimum Gasteiger partial charge on any atom is -0.476 e. The molecule has 0 spiro atoms. The Bertz CT molecular complexity index is 599. The number of carboxylic acid groups (broad SMARTS) is 1. The summed E-state index contributed by atoms with van der Waals surface area (Å²) < 4.78 is 0. The number of aromatic nitrogens is 3. The van der Waals surface area contributed by atoms with E-state index in [2.05, 4.69) is 20.3 Å². The van der Waals surface area contributed by atoms with Crippen LogP contribution in [0.25, 0.3) is 0 Å². The molecule has 8 heteroatoms. The maximum atomic E-state index is 10.7. The second kappa shape index (κ2) is 6.29. The smallest absolute Gasteiger partial charge is 0.355 e. The lowest BCUT2D eigenvalue weighted by Gasteiger charge is -2.11. The van der Waals surface area contributed by atoms with E-state index in [1.807, 2.05) is 19.0 Å². The third-order valence-electron chi connectivity index (χ3n) is 2.46. The average molecular weight is 293 g/mol. The lowest BCUT2D eigenvalue weighted by atomic mass is 10.4. The van der Waals surface area contributed by atoms with Crippen molar-refractivity contribution in [2.24, 2.45) is 0 Å². The van der Waals surface area contributed by atoms with E-state index in [9.17, 15) is 4.79 Å². The molecule has 0 aliphatic heterocycles. The third-order valence-corrected chi connectivity index (χ3v) is 3.37. The van der Waals surface area contributed by atoms with Gasteiger partial charge in [0.2, 0.25) is 5.95 Å². The number of nitrogens with one attached hydrogen (secondary N) is 1. The van der Waals surface area contributed by atoms with Gasteiger partial charge in [0.15, 0.2) is 5.69 Å². The van der Waals surface area contributed by atoms with Gasteiger partial charge in [0, 0.05) is 38.6 Å². The van der Waals surface area contributed by atoms with Crippen molar-refractivity contribution in [2.75, 3.05) is 30.9 Å². The second-order valence-corrected chi connectivity index (χ2v) is 5.19. The Labute approximate surface area is 120 Å². The number of aromatic carboxylic acids is 1. The summed E-state index contributed by atoms with van der Waals surface area (Å²) in [7, 11) is 3.75. The van der Waals surface area contributed by atoms with Crippen LogP contribution in [0.3, 0.4) is 0 Å². The van der Waals surface area contributed by atoms with Crippen LogP contribution in [0.2, 0.25) is 0 Å². The third kappa shape index (κ3) is 3.64. The molecule has 0 atom stereocenters. The Morgan fingerprint density at radius 1 is 1.45 bits per heavy atom. The van der Waals surface area contributed by atoms with Gasteiger partial charge >= 0.3 is 5.97 Å². The van der Waals surface area contributed by atoms with Crippen molar-refractivity contribution in [2.45, 2.75) is 6.42 Å². The standard InChI is InChI=1S/C12H15N5O2S/c1-17(2)12-14-5-3-9(16-12)13-6-4-10-15-8(7-20-10)11(18)19/h3,5,7H,4,6H2,1-2H3,(H,18,19)(H,13,14,16). The van der Waals surface area contributed by atoms with Gasteiger partial charge in [0.05, 0.1) is 5.01 Å². The topological polar surface area (TPSA) is 91.2 Å². The molecule has 2 rings (SSSR count). The quantitative estimate of drug-likeness (QED) is 0.830. The highest BCUT2D eigenvalue weighted by Gasteiger charge is 2.08. The SMILES string of the molecule is CN(C)c1nccc(NCCc2nc(C(=O)O)cs2)n1. The summed E-state index contributed by atoms with van der Waals surface area (Å²) in [4.78, 5) is 25.0. The first-order valence-electron chi connectivity index (χ1n) is 5.98. The monoisotopic (exact) mass is 293 g/mol. The van der Waals surface area contributed by atoms with Crippen LogP contribution < -0.4 is 10.2 Å². The summed E-state index contributed by atoms with van der Waals surface area (Å²) in [5.74, 6) is 0.378. The molecule has 2 N–H and O–H groups in total. The maximum absolute atomic E-state index is 10.7. The summed E-state index contributed by atoms with van der Waals surface area (Å²) in [5.41, 5.74) is 0.0990. The molecule has 20 heavy (non-hydrogen) atoms. The van der Waals surface area contributed by atoms with E-state index in [-0.39, 0.29) is 5.69 Å². The van der Waals surface area contributed by atoms with Gasteiger partial charge in [-0.05, 0) is 6.07 Å². The molecule has 0 bridgehead atoms. The van der Waals surface area contributed by atoms with Crippen molar-refractivity contribution in [1.29, 1.82) is 0 Å². The van der Waals surface area contributed by atoms with Gasteiger partial charge in [-0.2, -0.15) is 4.98 Å². The van der Waals surface area contributed by atoms with Crippen molar-refractivity contribution in [1.82, 2.24) is 15.0 Å². The van der Waals surface area contributed by atoms with Crippen molar-refractivity contribution in [3.63, 3.8) is 0 Å². The zero-order valence-corrected chi connectivity index (χ0v) is 12.0. The number of hydrogen-bond donors (Lipinski definition) is 2. The Morgan fingerprint density at radius 3 is 2.90 bits per heavy atom. The fraction of sp³-hybridized carbons (Fsp3) is 0.333. The molecule has 0 aliphatic carbocycles. The Kier molecular flexibility index (Phi) is 4.46. The van der Waals surface area contributed by atoms with Gasteiger partial charge < -0.3 is 15.3 Å². The Morgan fingerprint density at radius 2 is 2.25 bits per heavy atom. The van der Waals surface area contributed by atoms with Gasteiger partial charge in [0.1, 0.15) is 5.82 Å². The van der Waals surface area contributed by atoms with Gasteiger partial charge in [-0.25, -0.2) is 14.8 Å². The maximum Gasteiger partial charge on any atom is 0.355 e. The summed E-state index contributed by atoms with van der Waals surface area (Å²) in [6.45, 7) is 0.635. The summed E-state index contributed by atoms with van der Waals surface area (Å²) in [5, 5.41) is 14.3. The first-order valence-corrected chi connectivity index (χ1v) is 6.86. The molecule has 0 saturated carbocycles. The molecule has 0 aliphatic rings. The number of hydrogen-bond acceptors (Lipinski definition) is 7. The zero-order chi connectivity index (χ0) is 14.5. The molecule has 2 aromatic heterocycles. The Hall–Kier alpha value is -2.22. The van der Waals surface area contributed by atoms with Crippen LogP contribution >= 0.6 is 11.3 Å². The largest absolute Gasteiger partial charge is 0.476 e. The number of carboxylic acids is 1. The fourth-order valence-electron chi connectivity index (χ4n) is 1.48. The van der Waals surface area contributed by atoms with Gasteiger partial charge in [-0.3, -0.25) is 0 Å². The average Bonchev–Trinajstić information content (AvgIpc) is 2.88. The van der Waals surface area contributed by atoms with Crippen molar-refractivity contribution in [3.05, 3.63) is 28.3 Å². The lowest BCUT2D eigenvalue weighted by molar-refractivity contribution is 0.0691. The van der Waals surface area contributed by atoms with E-state index in [1.54, 1.807) is 17.6 Å². The molecule has 0 fully saturated rings. The van der Waals surface area contributed by atoms with Crippen molar-refractivity contribution in [3.8, 4) is 0 Å². The molecular formula is C12H15N5O2S. The van der Waals surface area contributed by atoms with E-state index >= 15 is 0 Å². The minimum atomic E-state index is -0.994. The van der Waals surface area contributed by atoms with Crippen molar-refractivity contribution < 1.29 is 9.90 Å². The summed E-state index contributed by atoms with van der Waals surface area (Å²) in [6.07, 6.45) is 2.34. The van der Waals surface area contributed by atoms with Crippen molar-refractivity contribution >= 4 is 29.1 Å². The number of thiazole rings is 1. The molecule has 2 heterocycles. The molecule has 0 aromatic carbocycles. The number of nitrogens with zero attached hydrogens (tertiary/aromatic N) is 4. The van der Waals surface area contributed by atoms with Crippen LogP contribution in [0.15, 0.2) is 17.6 Å². The fourth-order valence-corrected chi connectivity index (χ4v) is 2.26. The Balaban J connectivity index is 1.89. The van der Waals surface area contributed by atoms with Gasteiger partial charge in [0.25, 0.3) is 0 Å². The molecular weight excluding hydrogens is 278 g/mol. The van der Waals surface area contributed by atoms with Crippen LogP contribution in [0.5, 0.6) is 0 Å². The number of anilines is 2. The normalized spacial score (nSPS) is 10.3. The highest BCUT2D eigenvalue weighted by atomic mass is 32.1. The predicted molar refractivity (Wildman–Crippen MR) is 77.6 cm³/mol. The van der Waals surface area contributed by atoms with Crippen LogP contribution in [0, 0.1) is 0 Å². The van der Waals surface area contributed by atoms with E-state index < -0.39 is 5.97 Å². The highest BCUT2D eigenvalue weighted by molar-refractivity contribution is 7.09. The molecule has 106 valence electrons. The van der Waals surface area contributed by atoms with E-state index in [0.717, 1.165) is 10.8 Å². The first-order chi connectivity index (χ1) is 9.56. The lowest BCUT2D eigenvalue weighted by Crippen LogP contribution is -2.14. The zero-order valence-electron chi connectivity index (χ0n) is 11.2. The molecule has 0 unspecified atom stereocenters. The number of rotatable bonds is 6. The van der Waals surface area contributed by atoms with Crippen LogP contribution in [0.4, 0.5) is 11.8 Å². The van der Waals surface area contributed by atoms with E-state index in [4.69, 9.17) is 5.11 Å². The molecule has 7 nitrogen and oxygen atoms in total. The summed E-state index contributed by atoms with van der Waals surface area (Å²) in [6, 6.07) is 1.79. The highest BCUT2D eigenvalue weighted by Crippen LogP contribution is 2.12. The van der Waals surface area contributed by atoms with E-state index in [0.29, 0.717) is 18.9 Å². The van der Waals surface area contributed by atoms with Gasteiger partial charge in [-0.15, -0.1) is 11.3 Å². The molecule has 0 amide bonds.